The zero-order valence-corrected chi connectivity index (χ0v) is 10.6. The van der Waals surface area contributed by atoms with E-state index in [1.165, 1.54) is 0 Å². The normalized spacial score (nSPS) is 12.6. The first-order valence-electron chi connectivity index (χ1n) is 5.26. The van der Waals surface area contributed by atoms with Crippen molar-refractivity contribution in [2.45, 2.75) is 26.5 Å². The number of hydrogen-bond donors (Lipinski definition) is 2. The van der Waals surface area contributed by atoms with E-state index in [1.54, 1.807) is 14.0 Å². The van der Waals surface area contributed by atoms with Crippen molar-refractivity contribution in [3.63, 3.8) is 0 Å². The lowest BCUT2D eigenvalue weighted by molar-refractivity contribution is 0.191. The monoisotopic (exact) mass is 243 g/mol. The molecular formula is C12H18ClNO2. The number of ether oxygens (including phenoxy) is 1. The molecule has 0 heterocycles. The Hall–Kier alpha value is -0.770. The van der Waals surface area contributed by atoms with Crippen LogP contribution in [0.1, 0.15) is 18.1 Å². The number of aliphatic hydroxyl groups is 1. The minimum atomic E-state index is -0.355. The molecule has 0 fully saturated rings. The van der Waals surface area contributed by atoms with Crippen molar-refractivity contribution in [1.29, 1.82) is 0 Å². The molecule has 1 aromatic rings. The van der Waals surface area contributed by atoms with E-state index in [0.29, 0.717) is 18.1 Å². The molecule has 4 heteroatoms. The number of nitrogens with one attached hydrogen (secondary N) is 1. The molecule has 1 atom stereocenters. The average molecular weight is 244 g/mol. The number of hydrogen-bond acceptors (Lipinski definition) is 3. The molecule has 0 saturated carbocycles. The summed E-state index contributed by atoms with van der Waals surface area (Å²) in [7, 11) is 1.65. The largest absolute Gasteiger partial charge is 0.496 e. The Morgan fingerprint density at radius 2 is 2.19 bits per heavy atom. The minimum absolute atomic E-state index is 0.355. The van der Waals surface area contributed by atoms with Gasteiger partial charge in [-0.05, 0) is 31.5 Å². The van der Waals surface area contributed by atoms with Crippen molar-refractivity contribution >= 4 is 11.6 Å². The quantitative estimate of drug-likeness (QED) is 0.833. The highest BCUT2D eigenvalue weighted by Crippen LogP contribution is 2.27. The van der Waals surface area contributed by atoms with Gasteiger partial charge in [0.25, 0.3) is 0 Å². The lowest BCUT2D eigenvalue weighted by Crippen LogP contribution is -2.24. The molecular weight excluding hydrogens is 226 g/mol. The molecule has 0 aliphatic heterocycles. The van der Waals surface area contributed by atoms with Crippen molar-refractivity contribution in [3.05, 3.63) is 28.3 Å². The molecule has 0 spiro atoms. The zero-order chi connectivity index (χ0) is 12.1. The van der Waals surface area contributed by atoms with E-state index in [1.807, 2.05) is 19.1 Å². The first kappa shape index (κ1) is 13.3. The van der Waals surface area contributed by atoms with Crippen LogP contribution in [-0.4, -0.2) is 24.9 Å². The third-order valence-corrected chi connectivity index (χ3v) is 2.49. The molecule has 1 unspecified atom stereocenters. The summed E-state index contributed by atoms with van der Waals surface area (Å²) in [6.07, 6.45) is -0.355. The van der Waals surface area contributed by atoms with Crippen molar-refractivity contribution in [1.82, 2.24) is 5.32 Å². The van der Waals surface area contributed by atoms with Crippen LogP contribution in [0.2, 0.25) is 5.02 Å². The molecule has 0 aromatic heterocycles. The summed E-state index contributed by atoms with van der Waals surface area (Å²) in [5.41, 5.74) is 2.02. The van der Waals surface area contributed by atoms with Crippen molar-refractivity contribution in [2.75, 3.05) is 13.7 Å². The van der Waals surface area contributed by atoms with Crippen LogP contribution in [0.5, 0.6) is 5.75 Å². The predicted octanol–water partition coefficient (Wildman–Crippen LogP) is 2.13. The topological polar surface area (TPSA) is 41.5 Å². The van der Waals surface area contributed by atoms with Crippen LogP contribution in [0, 0.1) is 6.92 Å². The SMILES string of the molecule is COc1c(C)cc(Cl)cc1CNCC(C)O. The third kappa shape index (κ3) is 3.67. The van der Waals surface area contributed by atoms with Crippen LogP contribution in [0.25, 0.3) is 0 Å². The molecule has 0 amide bonds. The van der Waals surface area contributed by atoms with Gasteiger partial charge >= 0.3 is 0 Å². The molecule has 3 nitrogen and oxygen atoms in total. The van der Waals surface area contributed by atoms with Gasteiger partial charge in [0.1, 0.15) is 5.75 Å². The highest BCUT2D eigenvalue weighted by atomic mass is 35.5. The Morgan fingerprint density at radius 1 is 1.50 bits per heavy atom. The lowest BCUT2D eigenvalue weighted by atomic mass is 10.1. The minimum Gasteiger partial charge on any atom is -0.496 e. The van der Waals surface area contributed by atoms with Gasteiger partial charge < -0.3 is 15.2 Å². The first-order chi connectivity index (χ1) is 7.54. The van der Waals surface area contributed by atoms with Gasteiger partial charge in [-0.2, -0.15) is 0 Å². The Balaban J connectivity index is 2.77. The second-order valence-corrected chi connectivity index (χ2v) is 4.33. The Bertz CT molecular complexity index is 353. The van der Waals surface area contributed by atoms with E-state index >= 15 is 0 Å². The van der Waals surface area contributed by atoms with E-state index in [0.717, 1.165) is 16.9 Å². The van der Waals surface area contributed by atoms with Gasteiger partial charge in [-0.1, -0.05) is 11.6 Å². The van der Waals surface area contributed by atoms with Crippen LogP contribution >= 0.6 is 11.6 Å². The molecule has 1 rings (SSSR count). The number of aliphatic hydroxyl groups excluding tert-OH is 1. The second-order valence-electron chi connectivity index (χ2n) is 3.89. The van der Waals surface area contributed by atoms with E-state index in [-0.39, 0.29) is 6.10 Å². The fourth-order valence-corrected chi connectivity index (χ4v) is 1.93. The van der Waals surface area contributed by atoms with Gasteiger partial charge in [-0.15, -0.1) is 0 Å². The van der Waals surface area contributed by atoms with Gasteiger partial charge in [-0.3, -0.25) is 0 Å². The van der Waals surface area contributed by atoms with Gasteiger partial charge in [0, 0.05) is 23.7 Å². The smallest absolute Gasteiger partial charge is 0.126 e. The Kier molecular flexibility index (Phi) is 5.06. The summed E-state index contributed by atoms with van der Waals surface area (Å²) in [4.78, 5) is 0. The van der Waals surface area contributed by atoms with Crippen LogP contribution < -0.4 is 10.1 Å². The van der Waals surface area contributed by atoms with E-state index < -0.39 is 0 Å². The molecule has 0 aliphatic rings. The van der Waals surface area contributed by atoms with Crippen molar-refractivity contribution in [3.8, 4) is 5.75 Å². The van der Waals surface area contributed by atoms with E-state index in [9.17, 15) is 0 Å². The van der Waals surface area contributed by atoms with Gasteiger partial charge in [0.15, 0.2) is 0 Å². The third-order valence-electron chi connectivity index (χ3n) is 2.28. The first-order valence-corrected chi connectivity index (χ1v) is 5.64. The predicted molar refractivity (Wildman–Crippen MR) is 66.1 cm³/mol. The van der Waals surface area contributed by atoms with Crippen LogP contribution in [0.4, 0.5) is 0 Å². The highest BCUT2D eigenvalue weighted by Gasteiger charge is 2.08. The Morgan fingerprint density at radius 3 is 2.75 bits per heavy atom. The second kappa shape index (κ2) is 6.09. The molecule has 1 aromatic carbocycles. The van der Waals surface area contributed by atoms with Crippen LogP contribution in [0.3, 0.4) is 0 Å². The number of halogens is 1. The van der Waals surface area contributed by atoms with Crippen LogP contribution in [0.15, 0.2) is 12.1 Å². The molecule has 90 valence electrons. The summed E-state index contributed by atoms with van der Waals surface area (Å²) < 4.78 is 5.33. The summed E-state index contributed by atoms with van der Waals surface area (Å²) in [6, 6.07) is 3.75. The van der Waals surface area contributed by atoms with E-state index in [4.69, 9.17) is 21.4 Å². The summed E-state index contributed by atoms with van der Waals surface area (Å²) in [5, 5.41) is 13.0. The van der Waals surface area contributed by atoms with E-state index in [2.05, 4.69) is 5.32 Å². The summed E-state index contributed by atoms with van der Waals surface area (Å²) >= 11 is 5.99. The zero-order valence-electron chi connectivity index (χ0n) is 9.88. The average Bonchev–Trinajstić information content (AvgIpc) is 2.16. The molecule has 0 saturated heterocycles. The number of methoxy groups -OCH3 is 1. The molecule has 0 aliphatic carbocycles. The number of aryl methyl sites for hydroxylation is 1. The Labute approximate surface area is 101 Å². The summed E-state index contributed by atoms with van der Waals surface area (Å²) in [5.74, 6) is 0.850. The number of rotatable bonds is 5. The number of benzene rings is 1. The van der Waals surface area contributed by atoms with Gasteiger partial charge in [-0.25, -0.2) is 0 Å². The highest BCUT2D eigenvalue weighted by molar-refractivity contribution is 6.30. The molecule has 16 heavy (non-hydrogen) atoms. The fourth-order valence-electron chi connectivity index (χ4n) is 1.64. The lowest BCUT2D eigenvalue weighted by Gasteiger charge is -2.13. The maximum Gasteiger partial charge on any atom is 0.126 e. The van der Waals surface area contributed by atoms with Crippen molar-refractivity contribution in [2.24, 2.45) is 0 Å². The molecule has 0 bridgehead atoms. The molecule has 0 radical (unpaired) electrons. The van der Waals surface area contributed by atoms with Gasteiger partial charge in [0.2, 0.25) is 0 Å². The van der Waals surface area contributed by atoms with Crippen molar-refractivity contribution < 1.29 is 9.84 Å². The maximum absolute atomic E-state index is 9.15. The standard InChI is InChI=1S/C12H18ClNO2/c1-8-4-11(13)5-10(12(8)16-3)7-14-6-9(2)15/h4-5,9,14-15H,6-7H2,1-3H3. The maximum atomic E-state index is 9.15. The van der Waals surface area contributed by atoms with Crippen LogP contribution in [-0.2, 0) is 6.54 Å². The summed E-state index contributed by atoms with van der Waals surface area (Å²) in [6.45, 7) is 4.89. The molecule has 2 N–H and O–H groups in total. The van der Waals surface area contributed by atoms with Gasteiger partial charge in [0.05, 0.1) is 13.2 Å². The fraction of sp³-hybridized carbons (Fsp3) is 0.500.